The van der Waals surface area contributed by atoms with Gasteiger partial charge in [0.2, 0.25) is 5.95 Å². The van der Waals surface area contributed by atoms with E-state index in [9.17, 15) is 18.3 Å². The maximum atomic E-state index is 13.1. The van der Waals surface area contributed by atoms with Crippen LogP contribution in [0.4, 0.5) is 30.6 Å². The summed E-state index contributed by atoms with van der Waals surface area (Å²) in [5.41, 5.74) is -0.904. The van der Waals surface area contributed by atoms with Crippen molar-refractivity contribution < 1.29 is 18.3 Å². The monoisotopic (exact) mass is 372 g/mol. The summed E-state index contributed by atoms with van der Waals surface area (Å²) < 4.78 is 39.4. The van der Waals surface area contributed by atoms with Crippen molar-refractivity contribution >= 4 is 29.1 Å². The zero-order chi connectivity index (χ0) is 18.0. The highest BCUT2D eigenvalue weighted by Crippen LogP contribution is 2.33. The normalized spacial score (nSPS) is 15.4. The number of halogens is 4. The lowest BCUT2D eigenvalue weighted by Crippen LogP contribution is -2.19. The van der Waals surface area contributed by atoms with Gasteiger partial charge in [0.05, 0.1) is 5.69 Å². The van der Waals surface area contributed by atoms with Crippen LogP contribution in [0.3, 0.4) is 0 Å². The number of benzene rings is 1. The Kier molecular flexibility index (Phi) is 4.89. The first-order valence-electron chi connectivity index (χ1n) is 7.79. The number of phenols is 1. The van der Waals surface area contributed by atoms with Crippen LogP contribution >= 0.6 is 11.6 Å². The van der Waals surface area contributed by atoms with Gasteiger partial charge in [-0.05, 0) is 31.0 Å². The summed E-state index contributed by atoms with van der Waals surface area (Å²) in [5.74, 6) is -0.326. The Morgan fingerprint density at radius 2 is 1.84 bits per heavy atom. The van der Waals surface area contributed by atoms with Crippen LogP contribution in [-0.4, -0.2) is 21.1 Å². The standard InChI is InChI=1S/C16H16ClF3N4O/c17-9-5-6-12(25)11(7-9)22-14-8-13(16(18,19)20)23-15(24-14)21-10-3-1-2-4-10/h5-8,10,25H,1-4H2,(H2,21,22,23,24). The first kappa shape index (κ1) is 17.6. The van der Waals surface area contributed by atoms with Crippen LogP contribution < -0.4 is 10.6 Å². The van der Waals surface area contributed by atoms with Crippen LogP contribution in [0.25, 0.3) is 0 Å². The number of hydrogen-bond acceptors (Lipinski definition) is 5. The van der Waals surface area contributed by atoms with Gasteiger partial charge in [-0.25, -0.2) is 4.98 Å². The molecule has 1 saturated carbocycles. The number of nitrogens with one attached hydrogen (secondary N) is 2. The SMILES string of the molecule is Oc1ccc(Cl)cc1Nc1cc(C(F)(F)F)nc(NC2CCCC2)n1. The molecular formula is C16H16ClF3N4O. The minimum absolute atomic E-state index is 0.0657. The van der Waals surface area contributed by atoms with E-state index in [0.717, 1.165) is 31.7 Å². The highest BCUT2D eigenvalue weighted by atomic mass is 35.5. The Balaban J connectivity index is 1.92. The first-order chi connectivity index (χ1) is 11.8. The van der Waals surface area contributed by atoms with E-state index in [2.05, 4.69) is 20.6 Å². The summed E-state index contributed by atoms with van der Waals surface area (Å²) in [6, 6.07) is 5.07. The predicted molar refractivity (Wildman–Crippen MR) is 89.3 cm³/mol. The smallest absolute Gasteiger partial charge is 0.433 e. The van der Waals surface area contributed by atoms with Gasteiger partial charge in [0.25, 0.3) is 0 Å². The van der Waals surface area contributed by atoms with E-state index < -0.39 is 11.9 Å². The molecule has 0 spiro atoms. The lowest BCUT2D eigenvalue weighted by Gasteiger charge is -2.16. The van der Waals surface area contributed by atoms with E-state index >= 15 is 0 Å². The van der Waals surface area contributed by atoms with Crippen molar-refractivity contribution in [3.05, 3.63) is 35.0 Å². The molecule has 1 aliphatic rings. The highest BCUT2D eigenvalue weighted by molar-refractivity contribution is 6.30. The molecule has 0 atom stereocenters. The lowest BCUT2D eigenvalue weighted by atomic mass is 10.2. The zero-order valence-electron chi connectivity index (χ0n) is 13.1. The lowest BCUT2D eigenvalue weighted by molar-refractivity contribution is -0.141. The fourth-order valence-corrected chi connectivity index (χ4v) is 2.89. The molecule has 1 aromatic heterocycles. The first-order valence-corrected chi connectivity index (χ1v) is 8.17. The Hall–Kier alpha value is -2.22. The van der Waals surface area contributed by atoms with Gasteiger partial charge in [0.15, 0.2) is 5.69 Å². The Labute approximate surface area is 147 Å². The Morgan fingerprint density at radius 1 is 1.12 bits per heavy atom. The summed E-state index contributed by atoms with van der Waals surface area (Å²) in [4.78, 5) is 7.66. The van der Waals surface area contributed by atoms with Crippen molar-refractivity contribution in [3.63, 3.8) is 0 Å². The van der Waals surface area contributed by atoms with Crippen LogP contribution in [-0.2, 0) is 6.18 Å². The maximum Gasteiger partial charge on any atom is 0.433 e. The topological polar surface area (TPSA) is 70.1 Å². The molecule has 0 unspecified atom stereocenters. The average Bonchev–Trinajstić information content (AvgIpc) is 3.03. The molecule has 3 rings (SSSR count). The summed E-state index contributed by atoms with van der Waals surface area (Å²) in [5, 5.41) is 15.8. The quantitative estimate of drug-likeness (QED) is 0.662. The zero-order valence-corrected chi connectivity index (χ0v) is 13.8. The third kappa shape index (κ3) is 4.45. The number of alkyl halides is 3. The van der Waals surface area contributed by atoms with Crippen LogP contribution in [0.1, 0.15) is 31.4 Å². The number of phenolic OH excluding ortho intramolecular Hbond substituents is 1. The van der Waals surface area contributed by atoms with Crippen molar-refractivity contribution in [2.45, 2.75) is 37.9 Å². The highest BCUT2D eigenvalue weighted by Gasteiger charge is 2.34. The van der Waals surface area contributed by atoms with Crippen molar-refractivity contribution in [1.82, 2.24) is 9.97 Å². The van der Waals surface area contributed by atoms with E-state index in [4.69, 9.17) is 11.6 Å². The molecule has 0 radical (unpaired) electrons. The van der Waals surface area contributed by atoms with Gasteiger partial charge < -0.3 is 15.7 Å². The summed E-state index contributed by atoms with van der Waals surface area (Å²) in [6.07, 6.45) is -0.813. The number of aromatic hydroxyl groups is 1. The summed E-state index contributed by atoms with van der Waals surface area (Å²) in [6.45, 7) is 0. The van der Waals surface area contributed by atoms with E-state index in [-0.39, 0.29) is 29.2 Å². The predicted octanol–water partition coefficient (Wildman–Crippen LogP) is 4.95. The molecule has 1 aromatic carbocycles. The second-order valence-corrected chi connectivity index (χ2v) is 6.31. The van der Waals surface area contributed by atoms with Crippen LogP contribution in [0, 0.1) is 0 Å². The molecule has 2 aromatic rings. The van der Waals surface area contributed by atoms with Gasteiger partial charge in [-0.15, -0.1) is 0 Å². The Morgan fingerprint density at radius 3 is 2.52 bits per heavy atom. The van der Waals surface area contributed by atoms with E-state index in [1.807, 2.05) is 0 Å². The second-order valence-electron chi connectivity index (χ2n) is 5.87. The molecule has 134 valence electrons. The van der Waals surface area contributed by atoms with Gasteiger partial charge in [-0.1, -0.05) is 24.4 Å². The van der Waals surface area contributed by atoms with E-state index in [1.165, 1.54) is 18.2 Å². The largest absolute Gasteiger partial charge is 0.506 e. The third-order valence-electron chi connectivity index (χ3n) is 3.93. The average molecular weight is 373 g/mol. The summed E-state index contributed by atoms with van der Waals surface area (Å²) in [7, 11) is 0. The molecule has 0 bridgehead atoms. The molecule has 1 aliphatic carbocycles. The van der Waals surface area contributed by atoms with Crippen LogP contribution in [0.5, 0.6) is 5.75 Å². The number of hydrogen-bond donors (Lipinski definition) is 3. The molecule has 0 saturated heterocycles. The van der Waals surface area contributed by atoms with Gasteiger partial charge in [-0.2, -0.15) is 18.2 Å². The second kappa shape index (κ2) is 6.95. The molecule has 0 amide bonds. The third-order valence-corrected chi connectivity index (χ3v) is 4.16. The van der Waals surface area contributed by atoms with Gasteiger partial charge in [0.1, 0.15) is 11.6 Å². The molecule has 25 heavy (non-hydrogen) atoms. The number of nitrogens with zero attached hydrogens (tertiary/aromatic N) is 2. The number of anilines is 3. The van der Waals surface area contributed by atoms with Crippen molar-refractivity contribution in [3.8, 4) is 5.75 Å². The summed E-state index contributed by atoms with van der Waals surface area (Å²) >= 11 is 5.86. The fourth-order valence-electron chi connectivity index (χ4n) is 2.72. The number of rotatable bonds is 4. The van der Waals surface area contributed by atoms with Crippen LogP contribution in [0.2, 0.25) is 5.02 Å². The van der Waals surface area contributed by atoms with Gasteiger partial charge in [-0.3, -0.25) is 0 Å². The van der Waals surface area contributed by atoms with Crippen molar-refractivity contribution in [1.29, 1.82) is 0 Å². The van der Waals surface area contributed by atoms with Gasteiger partial charge >= 0.3 is 6.18 Å². The molecule has 0 aliphatic heterocycles. The van der Waals surface area contributed by atoms with Crippen molar-refractivity contribution in [2.75, 3.05) is 10.6 Å². The minimum atomic E-state index is -4.61. The molecule has 1 heterocycles. The van der Waals surface area contributed by atoms with Crippen LogP contribution in [0.15, 0.2) is 24.3 Å². The molecule has 1 fully saturated rings. The van der Waals surface area contributed by atoms with Crippen molar-refractivity contribution in [2.24, 2.45) is 0 Å². The molecule has 3 N–H and O–H groups in total. The minimum Gasteiger partial charge on any atom is -0.506 e. The Bertz CT molecular complexity index is 764. The number of aromatic nitrogens is 2. The van der Waals surface area contributed by atoms with E-state index in [0.29, 0.717) is 5.02 Å². The maximum absolute atomic E-state index is 13.1. The van der Waals surface area contributed by atoms with E-state index in [1.54, 1.807) is 0 Å². The molecular weight excluding hydrogens is 357 g/mol. The molecule has 5 nitrogen and oxygen atoms in total. The van der Waals surface area contributed by atoms with Gasteiger partial charge in [0, 0.05) is 17.1 Å². The fraction of sp³-hybridized carbons (Fsp3) is 0.375. The molecule has 9 heteroatoms.